The van der Waals surface area contributed by atoms with E-state index in [4.69, 9.17) is 9.47 Å². The largest absolute Gasteiger partial charge is 0.508 e. The van der Waals surface area contributed by atoms with Gasteiger partial charge in [0.15, 0.2) is 0 Å². The lowest BCUT2D eigenvalue weighted by Gasteiger charge is -2.37. The summed E-state index contributed by atoms with van der Waals surface area (Å²) in [5.41, 5.74) is 0.144. The highest BCUT2D eigenvalue weighted by Crippen LogP contribution is 2.28. The molecule has 0 spiro atoms. The van der Waals surface area contributed by atoms with Gasteiger partial charge in [-0.2, -0.15) is 0 Å². The van der Waals surface area contributed by atoms with Crippen molar-refractivity contribution in [3.8, 4) is 11.5 Å². The maximum atomic E-state index is 9.21. The predicted octanol–water partition coefficient (Wildman–Crippen LogP) is 1.81. The van der Waals surface area contributed by atoms with Crippen LogP contribution in [-0.2, 0) is 4.74 Å². The molecule has 14 heavy (non-hydrogen) atoms. The molecule has 76 valence electrons. The molecule has 0 atom stereocenters. The van der Waals surface area contributed by atoms with Crippen LogP contribution in [0.15, 0.2) is 24.3 Å². The lowest BCUT2D eigenvalue weighted by atomic mass is 9.90. The van der Waals surface area contributed by atoms with Gasteiger partial charge < -0.3 is 14.6 Å². The molecule has 1 aliphatic heterocycles. The standard InChI is InChI=1S/C11H14O3/c1-11(6-13-7-11)8-14-10-4-2-3-9(12)5-10/h2-5,12H,6-8H2,1H3. The second kappa shape index (κ2) is 3.50. The quantitative estimate of drug-likeness (QED) is 0.797. The van der Waals surface area contributed by atoms with E-state index in [9.17, 15) is 5.11 Å². The second-order valence-corrected chi connectivity index (χ2v) is 4.09. The second-order valence-electron chi connectivity index (χ2n) is 4.09. The minimum atomic E-state index is 0.144. The van der Waals surface area contributed by atoms with Crippen molar-refractivity contribution in [3.05, 3.63) is 24.3 Å². The summed E-state index contributed by atoms with van der Waals surface area (Å²) < 4.78 is 10.7. The molecule has 1 aliphatic rings. The van der Waals surface area contributed by atoms with Gasteiger partial charge in [0, 0.05) is 11.5 Å². The Hall–Kier alpha value is -1.22. The van der Waals surface area contributed by atoms with Crippen LogP contribution in [0.25, 0.3) is 0 Å². The van der Waals surface area contributed by atoms with Gasteiger partial charge in [-0.1, -0.05) is 13.0 Å². The molecule has 0 unspecified atom stereocenters. The van der Waals surface area contributed by atoms with E-state index >= 15 is 0 Å². The minimum absolute atomic E-state index is 0.144. The summed E-state index contributed by atoms with van der Waals surface area (Å²) in [6.07, 6.45) is 0. The highest BCUT2D eigenvalue weighted by atomic mass is 16.5. The Morgan fingerprint density at radius 2 is 2.29 bits per heavy atom. The number of hydrogen-bond donors (Lipinski definition) is 1. The van der Waals surface area contributed by atoms with Crippen molar-refractivity contribution in [2.75, 3.05) is 19.8 Å². The number of aromatic hydroxyl groups is 1. The molecule has 0 aliphatic carbocycles. The summed E-state index contributed by atoms with van der Waals surface area (Å²) in [5.74, 6) is 0.940. The van der Waals surface area contributed by atoms with Gasteiger partial charge in [0.25, 0.3) is 0 Å². The van der Waals surface area contributed by atoms with Gasteiger partial charge in [-0.3, -0.25) is 0 Å². The lowest BCUT2D eigenvalue weighted by molar-refractivity contribution is -0.120. The van der Waals surface area contributed by atoms with Crippen LogP contribution in [0.3, 0.4) is 0 Å². The van der Waals surface area contributed by atoms with Crippen molar-refractivity contribution in [1.82, 2.24) is 0 Å². The summed E-state index contributed by atoms with van der Waals surface area (Å²) in [6, 6.07) is 6.84. The fourth-order valence-electron chi connectivity index (χ4n) is 1.36. The Bertz CT molecular complexity index is 318. The molecule has 1 fully saturated rings. The normalized spacial score (nSPS) is 18.6. The average molecular weight is 194 g/mol. The molecule has 3 heteroatoms. The first kappa shape index (κ1) is 9.34. The monoisotopic (exact) mass is 194 g/mol. The molecular weight excluding hydrogens is 180 g/mol. The Labute approximate surface area is 83.3 Å². The zero-order valence-corrected chi connectivity index (χ0v) is 8.19. The van der Waals surface area contributed by atoms with Crippen molar-refractivity contribution < 1.29 is 14.6 Å². The average Bonchev–Trinajstić information content (AvgIpc) is 2.12. The van der Waals surface area contributed by atoms with Gasteiger partial charge in [-0.15, -0.1) is 0 Å². The smallest absolute Gasteiger partial charge is 0.123 e. The molecule has 1 aromatic carbocycles. The Morgan fingerprint density at radius 3 is 2.86 bits per heavy atom. The number of rotatable bonds is 3. The fraction of sp³-hybridized carbons (Fsp3) is 0.455. The lowest BCUT2D eigenvalue weighted by Crippen LogP contribution is -2.44. The van der Waals surface area contributed by atoms with Crippen molar-refractivity contribution in [2.24, 2.45) is 5.41 Å². The molecule has 1 N–H and O–H groups in total. The molecule has 0 amide bonds. The van der Waals surface area contributed by atoms with Crippen LogP contribution in [0.4, 0.5) is 0 Å². The third-order valence-corrected chi connectivity index (χ3v) is 2.31. The number of ether oxygens (including phenoxy) is 2. The van der Waals surface area contributed by atoms with E-state index in [-0.39, 0.29) is 11.2 Å². The van der Waals surface area contributed by atoms with Gasteiger partial charge in [-0.05, 0) is 12.1 Å². The van der Waals surface area contributed by atoms with E-state index in [1.54, 1.807) is 18.2 Å². The first-order valence-corrected chi connectivity index (χ1v) is 4.68. The van der Waals surface area contributed by atoms with E-state index in [1.807, 2.05) is 6.07 Å². The van der Waals surface area contributed by atoms with Crippen LogP contribution < -0.4 is 4.74 Å². The summed E-state index contributed by atoms with van der Waals surface area (Å²) in [7, 11) is 0. The number of phenols is 1. The summed E-state index contributed by atoms with van der Waals surface area (Å²) in [6.45, 7) is 4.27. The summed E-state index contributed by atoms with van der Waals surface area (Å²) in [4.78, 5) is 0. The number of hydrogen-bond acceptors (Lipinski definition) is 3. The van der Waals surface area contributed by atoms with E-state index in [0.29, 0.717) is 12.4 Å². The van der Waals surface area contributed by atoms with Gasteiger partial charge in [0.05, 0.1) is 19.8 Å². The van der Waals surface area contributed by atoms with Gasteiger partial charge >= 0.3 is 0 Å². The third-order valence-electron chi connectivity index (χ3n) is 2.31. The molecule has 1 heterocycles. The maximum Gasteiger partial charge on any atom is 0.123 e. The van der Waals surface area contributed by atoms with Crippen LogP contribution >= 0.6 is 0 Å². The highest BCUT2D eigenvalue weighted by molar-refractivity contribution is 5.31. The van der Waals surface area contributed by atoms with E-state index in [1.165, 1.54) is 0 Å². The van der Waals surface area contributed by atoms with Crippen molar-refractivity contribution >= 4 is 0 Å². The summed E-state index contributed by atoms with van der Waals surface area (Å²) in [5, 5.41) is 9.21. The molecule has 3 nitrogen and oxygen atoms in total. The molecule has 0 saturated carbocycles. The summed E-state index contributed by atoms with van der Waals surface area (Å²) >= 11 is 0. The number of phenolic OH excluding ortho intramolecular Hbond substituents is 1. The molecular formula is C11H14O3. The van der Waals surface area contributed by atoms with Crippen LogP contribution in [0.5, 0.6) is 11.5 Å². The Balaban J connectivity index is 1.91. The highest BCUT2D eigenvalue weighted by Gasteiger charge is 2.34. The SMILES string of the molecule is CC1(COc2cccc(O)c2)COC1. The minimum Gasteiger partial charge on any atom is -0.508 e. The predicted molar refractivity (Wildman–Crippen MR) is 52.5 cm³/mol. The van der Waals surface area contributed by atoms with Crippen molar-refractivity contribution in [1.29, 1.82) is 0 Å². The van der Waals surface area contributed by atoms with Gasteiger partial charge in [0.2, 0.25) is 0 Å². The molecule has 0 bridgehead atoms. The zero-order valence-electron chi connectivity index (χ0n) is 8.19. The molecule has 0 radical (unpaired) electrons. The molecule has 2 rings (SSSR count). The van der Waals surface area contributed by atoms with E-state index < -0.39 is 0 Å². The topological polar surface area (TPSA) is 38.7 Å². The van der Waals surface area contributed by atoms with E-state index in [0.717, 1.165) is 13.2 Å². The first-order valence-electron chi connectivity index (χ1n) is 4.68. The van der Waals surface area contributed by atoms with Crippen LogP contribution in [0.1, 0.15) is 6.92 Å². The third kappa shape index (κ3) is 1.99. The van der Waals surface area contributed by atoms with E-state index in [2.05, 4.69) is 6.92 Å². The van der Waals surface area contributed by atoms with Gasteiger partial charge in [-0.25, -0.2) is 0 Å². The fourth-order valence-corrected chi connectivity index (χ4v) is 1.36. The Morgan fingerprint density at radius 1 is 1.50 bits per heavy atom. The molecule has 0 aromatic heterocycles. The maximum absolute atomic E-state index is 9.21. The van der Waals surface area contributed by atoms with Crippen molar-refractivity contribution in [2.45, 2.75) is 6.92 Å². The zero-order chi connectivity index (χ0) is 10.0. The van der Waals surface area contributed by atoms with Crippen LogP contribution in [-0.4, -0.2) is 24.9 Å². The van der Waals surface area contributed by atoms with Crippen LogP contribution in [0, 0.1) is 5.41 Å². The number of benzene rings is 1. The molecule has 1 saturated heterocycles. The Kier molecular flexibility index (Phi) is 2.33. The van der Waals surface area contributed by atoms with Gasteiger partial charge in [0.1, 0.15) is 11.5 Å². The van der Waals surface area contributed by atoms with Crippen molar-refractivity contribution in [3.63, 3.8) is 0 Å². The first-order chi connectivity index (χ1) is 6.68. The molecule has 1 aromatic rings. The van der Waals surface area contributed by atoms with Crippen LogP contribution in [0.2, 0.25) is 0 Å².